The van der Waals surface area contributed by atoms with E-state index in [1.54, 1.807) is 42.9 Å². The molecule has 54 heavy (non-hydrogen) atoms. The van der Waals surface area contributed by atoms with Gasteiger partial charge in [0.15, 0.2) is 0 Å². The highest BCUT2D eigenvalue weighted by atomic mass is 79.9. The van der Waals surface area contributed by atoms with Gasteiger partial charge in [-0.3, -0.25) is 9.59 Å². The van der Waals surface area contributed by atoms with E-state index < -0.39 is 23.0 Å². The molecule has 3 aliphatic rings. The highest BCUT2D eigenvalue weighted by molar-refractivity contribution is 6.07. The number of ether oxygens (including phenoxy) is 3. The standard InChI is InChI=1S/C43H54F2N3O5.BrH/c1-4-6-21-53-38-27-35(26-37(28-38)51-3)47-30-40(43(50)46(5-2)34-24-32(44)23-33(45)25-34)42(49)39-13-12-36(29-41(39)47)52-22-11-9-7-8-10-17-48-18-14-31(15-19-48)16-20-48;/h12-13,23-31H,4-11,14-22H2,1-3H3;1H/q+1;/p-1. The fraction of sp³-hybridized carbons (Fsp3) is 0.488. The van der Waals surface area contributed by atoms with E-state index in [0.717, 1.165) is 49.8 Å². The first-order valence-electron chi connectivity index (χ1n) is 19.5. The number of carbonyl (C=O) groups excluding carboxylic acids is 1. The van der Waals surface area contributed by atoms with Gasteiger partial charge < -0.3 is 45.1 Å². The maximum Gasteiger partial charge on any atom is 0.263 e. The molecule has 8 nitrogen and oxygen atoms in total. The number of fused-ring (bicyclic) bond motifs is 4. The third-order valence-corrected chi connectivity index (χ3v) is 11.2. The number of hydrogen-bond acceptors (Lipinski definition) is 5. The molecular weight excluding hydrogens is 756 g/mol. The predicted octanol–water partition coefficient (Wildman–Crippen LogP) is 6.09. The number of carbonyl (C=O) groups is 1. The number of rotatable bonds is 18. The Morgan fingerprint density at radius 3 is 2.15 bits per heavy atom. The van der Waals surface area contributed by atoms with Crippen molar-refractivity contribution in [3.05, 3.63) is 88.2 Å². The summed E-state index contributed by atoms with van der Waals surface area (Å²) in [6, 6.07) is 13.6. The molecule has 0 unspecified atom stereocenters. The third kappa shape index (κ3) is 9.82. The van der Waals surface area contributed by atoms with Crippen LogP contribution in [0.1, 0.15) is 88.4 Å². The minimum atomic E-state index is -0.818. The SMILES string of the molecule is CCCCOc1cc(OC)cc(-n2cc(C(=O)N(CC)c3cc(F)cc(F)c3)c(=O)c3ccc(OCCCCCCC[N+]45CCC(CC4)CC5)cc32)c1.[Br-]. The maximum atomic E-state index is 14.2. The molecule has 3 aromatic carbocycles. The number of amides is 1. The maximum absolute atomic E-state index is 14.2. The number of anilines is 1. The summed E-state index contributed by atoms with van der Waals surface area (Å²) in [4.78, 5) is 29.3. The molecule has 3 fully saturated rings. The van der Waals surface area contributed by atoms with Crippen LogP contribution < -0.4 is 41.5 Å². The topological polar surface area (TPSA) is 70.0 Å². The molecule has 1 amide bonds. The van der Waals surface area contributed by atoms with E-state index >= 15 is 0 Å². The molecule has 1 aromatic heterocycles. The second kappa shape index (κ2) is 19.1. The Bertz CT molecular complexity index is 1910. The molecule has 0 radical (unpaired) electrons. The number of aromatic nitrogens is 1. The molecule has 0 atom stereocenters. The van der Waals surface area contributed by atoms with Gasteiger partial charge in [-0.2, -0.15) is 0 Å². The van der Waals surface area contributed by atoms with Gasteiger partial charge >= 0.3 is 0 Å². The number of pyridine rings is 1. The second-order valence-electron chi connectivity index (χ2n) is 14.8. The number of quaternary nitrogens is 1. The lowest BCUT2D eigenvalue weighted by Crippen LogP contribution is -3.00. The molecule has 0 N–H and O–H groups in total. The van der Waals surface area contributed by atoms with Crippen molar-refractivity contribution in [2.75, 3.05) is 57.9 Å². The first kappa shape index (κ1) is 41.2. The Kier molecular flexibility index (Phi) is 14.6. The van der Waals surface area contributed by atoms with Crippen molar-refractivity contribution in [1.82, 2.24) is 4.57 Å². The number of benzene rings is 3. The molecular formula is C43H54BrF2N3O5. The van der Waals surface area contributed by atoms with Crippen molar-refractivity contribution >= 4 is 22.5 Å². The Morgan fingerprint density at radius 1 is 0.815 bits per heavy atom. The third-order valence-electron chi connectivity index (χ3n) is 11.2. The number of piperidine rings is 3. The Hall–Kier alpha value is -3.96. The van der Waals surface area contributed by atoms with Gasteiger partial charge in [-0.25, -0.2) is 8.78 Å². The summed E-state index contributed by atoms with van der Waals surface area (Å²) in [7, 11) is 1.57. The zero-order valence-electron chi connectivity index (χ0n) is 31.9. The highest BCUT2D eigenvalue weighted by Crippen LogP contribution is 2.34. The average molecular weight is 811 g/mol. The van der Waals surface area contributed by atoms with Crippen LogP contribution in [0, 0.1) is 17.6 Å². The summed E-state index contributed by atoms with van der Waals surface area (Å²) >= 11 is 0. The molecule has 7 rings (SSSR count). The smallest absolute Gasteiger partial charge is 0.263 e. The second-order valence-corrected chi connectivity index (χ2v) is 14.8. The molecule has 0 saturated carbocycles. The molecule has 3 aliphatic heterocycles. The van der Waals surface area contributed by atoms with Crippen molar-refractivity contribution in [2.24, 2.45) is 5.92 Å². The van der Waals surface area contributed by atoms with Gasteiger partial charge in [0.25, 0.3) is 5.91 Å². The van der Waals surface area contributed by atoms with Crippen LogP contribution >= 0.6 is 0 Å². The lowest BCUT2D eigenvalue weighted by atomic mass is 9.85. The van der Waals surface area contributed by atoms with E-state index in [0.29, 0.717) is 47.1 Å². The largest absolute Gasteiger partial charge is 1.00 e. The van der Waals surface area contributed by atoms with Crippen LogP contribution in [0.4, 0.5) is 14.5 Å². The van der Waals surface area contributed by atoms with E-state index in [2.05, 4.69) is 6.92 Å². The van der Waals surface area contributed by atoms with Crippen LogP contribution in [0.25, 0.3) is 16.6 Å². The van der Waals surface area contributed by atoms with Crippen molar-refractivity contribution < 1.29 is 49.3 Å². The molecule has 3 saturated heterocycles. The van der Waals surface area contributed by atoms with Crippen molar-refractivity contribution in [3.8, 4) is 22.9 Å². The number of unbranched alkanes of at least 4 members (excludes halogenated alkanes) is 5. The summed E-state index contributed by atoms with van der Waals surface area (Å²) in [6.45, 7) is 10.4. The summed E-state index contributed by atoms with van der Waals surface area (Å²) in [6.07, 6.45) is 13.4. The molecule has 0 aliphatic carbocycles. The minimum Gasteiger partial charge on any atom is -1.00 e. The fourth-order valence-electron chi connectivity index (χ4n) is 8.02. The van der Waals surface area contributed by atoms with Gasteiger partial charge in [0.1, 0.15) is 34.4 Å². The first-order valence-corrected chi connectivity index (χ1v) is 19.5. The molecule has 292 valence electrons. The van der Waals surface area contributed by atoms with Gasteiger partial charge in [-0.1, -0.05) is 26.2 Å². The Morgan fingerprint density at radius 2 is 1.46 bits per heavy atom. The Balaban J connectivity index is 0.00000561. The zero-order valence-corrected chi connectivity index (χ0v) is 33.5. The van der Waals surface area contributed by atoms with Crippen LogP contribution in [0.2, 0.25) is 0 Å². The van der Waals surface area contributed by atoms with Gasteiger partial charge in [-0.05, 0) is 82.1 Å². The van der Waals surface area contributed by atoms with Crippen LogP contribution in [0.15, 0.2) is 65.6 Å². The van der Waals surface area contributed by atoms with Crippen LogP contribution in [0.5, 0.6) is 17.2 Å². The van der Waals surface area contributed by atoms with Crippen molar-refractivity contribution in [3.63, 3.8) is 0 Å². The lowest BCUT2D eigenvalue weighted by molar-refractivity contribution is -0.942. The van der Waals surface area contributed by atoms with Gasteiger partial charge in [0.05, 0.1) is 57.7 Å². The van der Waals surface area contributed by atoms with E-state index in [-0.39, 0.29) is 34.8 Å². The number of halogens is 3. The zero-order chi connectivity index (χ0) is 37.4. The minimum absolute atomic E-state index is 0. The first-order chi connectivity index (χ1) is 25.7. The Labute approximate surface area is 328 Å². The van der Waals surface area contributed by atoms with E-state index in [4.69, 9.17) is 14.2 Å². The molecule has 4 heterocycles. The quantitative estimate of drug-likeness (QED) is 0.0901. The van der Waals surface area contributed by atoms with Crippen molar-refractivity contribution in [1.29, 1.82) is 0 Å². The number of hydrogen-bond donors (Lipinski definition) is 0. The van der Waals surface area contributed by atoms with E-state index in [1.165, 1.54) is 80.3 Å². The molecule has 4 aromatic rings. The molecule has 11 heteroatoms. The van der Waals surface area contributed by atoms with Gasteiger partial charge in [-0.15, -0.1) is 0 Å². The summed E-state index contributed by atoms with van der Waals surface area (Å²) in [5.41, 5.74) is 0.512. The highest BCUT2D eigenvalue weighted by Gasteiger charge is 2.38. The summed E-state index contributed by atoms with van der Waals surface area (Å²) in [5.74, 6) is 0.414. The summed E-state index contributed by atoms with van der Waals surface area (Å²) < 4.78 is 49.4. The normalized spacial score (nSPS) is 17.6. The predicted molar refractivity (Wildman–Crippen MR) is 206 cm³/mol. The van der Waals surface area contributed by atoms with Crippen LogP contribution in [0.3, 0.4) is 0 Å². The molecule has 0 spiro atoms. The van der Waals surface area contributed by atoms with Crippen LogP contribution in [-0.4, -0.2) is 68.0 Å². The fourth-order valence-corrected chi connectivity index (χ4v) is 8.02. The summed E-state index contributed by atoms with van der Waals surface area (Å²) in [5, 5.41) is 0.297. The van der Waals surface area contributed by atoms with Crippen molar-refractivity contribution in [2.45, 2.75) is 78.1 Å². The number of nitrogens with zero attached hydrogens (tertiary/aromatic N) is 3. The van der Waals surface area contributed by atoms with E-state index in [1.807, 2.05) is 12.1 Å². The van der Waals surface area contributed by atoms with Gasteiger partial charge in [0, 0.05) is 54.1 Å². The monoisotopic (exact) mass is 809 g/mol. The average Bonchev–Trinajstić information content (AvgIpc) is 3.16. The van der Waals surface area contributed by atoms with Crippen LogP contribution in [-0.2, 0) is 0 Å². The lowest BCUT2D eigenvalue weighted by Gasteiger charge is -2.49. The van der Waals surface area contributed by atoms with E-state index in [9.17, 15) is 18.4 Å². The molecule has 2 bridgehead atoms. The number of methoxy groups -OCH3 is 1. The van der Waals surface area contributed by atoms with Gasteiger partial charge in [0.2, 0.25) is 5.43 Å².